The number of amides is 1. The summed E-state index contributed by atoms with van der Waals surface area (Å²) >= 11 is 1.63. The van der Waals surface area contributed by atoms with Crippen LogP contribution in [0.15, 0.2) is 16.8 Å². The first-order valence-electron chi connectivity index (χ1n) is 3.93. The molecule has 0 saturated heterocycles. The lowest BCUT2D eigenvalue weighted by atomic mass is 10.3. The Morgan fingerprint density at radius 1 is 1.69 bits per heavy atom. The Balaban J connectivity index is 2.54. The molecule has 0 aliphatic heterocycles. The molecule has 1 aromatic heterocycles. The average molecular weight is 193 g/mol. The number of hydrogen-bond acceptors (Lipinski definition) is 2. The fraction of sp³-hybridized carbons (Fsp3) is 0.300. The van der Waals surface area contributed by atoms with Crippen LogP contribution in [-0.2, 0) is 11.3 Å². The molecule has 0 aromatic carbocycles. The fourth-order valence-corrected chi connectivity index (χ4v) is 1.59. The van der Waals surface area contributed by atoms with E-state index in [1.165, 1.54) is 0 Å². The van der Waals surface area contributed by atoms with Crippen LogP contribution >= 0.6 is 11.3 Å². The maximum atomic E-state index is 11.2. The smallest absolute Gasteiger partial charge is 0.298 e. The Morgan fingerprint density at radius 2 is 2.46 bits per heavy atom. The van der Waals surface area contributed by atoms with Gasteiger partial charge >= 0.3 is 0 Å². The Hall–Kier alpha value is -1.27. The highest BCUT2D eigenvalue weighted by Gasteiger charge is 2.05. The molecule has 1 heterocycles. The lowest BCUT2D eigenvalue weighted by molar-refractivity contribution is -0.124. The van der Waals surface area contributed by atoms with Crippen LogP contribution in [0.3, 0.4) is 0 Å². The maximum absolute atomic E-state index is 11.2. The predicted molar refractivity (Wildman–Crippen MR) is 54.2 cm³/mol. The van der Waals surface area contributed by atoms with E-state index in [9.17, 15) is 4.79 Å². The van der Waals surface area contributed by atoms with Gasteiger partial charge in [0.15, 0.2) is 0 Å². The molecule has 0 atom stereocenters. The quantitative estimate of drug-likeness (QED) is 0.655. The molecular weight excluding hydrogens is 182 g/mol. The number of carbonyl (C=O) groups is 1. The van der Waals surface area contributed by atoms with Crippen molar-refractivity contribution in [3.8, 4) is 11.8 Å². The van der Waals surface area contributed by atoms with E-state index in [1.807, 2.05) is 16.8 Å². The second kappa shape index (κ2) is 4.68. The van der Waals surface area contributed by atoms with Gasteiger partial charge in [0.1, 0.15) is 0 Å². The topological polar surface area (TPSA) is 20.3 Å². The standard InChI is InChI=1S/C10H11NOS/c1-3-4-10(12)11(2)7-9-5-6-13-8-9/h5-6,8H,7H2,1-2H3. The zero-order valence-corrected chi connectivity index (χ0v) is 8.52. The lowest BCUT2D eigenvalue weighted by Crippen LogP contribution is -2.24. The van der Waals surface area contributed by atoms with Gasteiger partial charge in [0.25, 0.3) is 5.91 Å². The molecule has 0 saturated carbocycles. The first kappa shape index (κ1) is 9.82. The van der Waals surface area contributed by atoms with Gasteiger partial charge in [-0.3, -0.25) is 4.79 Å². The first-order valence-corrected chi connectivity index (χ1v) is 4.87. The van der Waals surface area contributed by atoms with Crippen LogP contribution in [0.1, 0.15) is 12.5 Å². The second-order valence-electron chi connectivity index (χ2n) is 2.67. The molecule has 0 bridgehead atoms. The number of nitrogens with zero attached hydrogens (tertiary/aromatic N) is 1. The van der Waals surface area contributed by atoms with Gasteiger partial charge in [0.05, 0.1) is 0 Å². The molecule has 0 aliphatic rings. The van der Waals surface area contributed by atoms with Crippen molar-refractivity contribution in [2.45, 2.75) is 13.5 Å². The van der Waals surface area contributed by atoms with Crippen molar-refractivity contribution >= 4 is 17.2 Å². The van der Waals surface area contributed by atoms with Crippen LogP contribution in [0, 0.1) is 11.8 Å². The second-order valence-corrected chi connectivity index (χ2v) is 3.45. The molecule has 0 N–H and O–H groups in total. The van der Waals surface area contributed by atoms with Crippen LogP contribution in [0.2, 0.25) is 0 Å². The van der Waals surface area contributed by atoms with E-state index in [0.717, 1.165) is 5.56 Å². The highest BCUT2D eigenvalue weighted by Crippen LogP contribution is 2.07. The van der Waals surface area contributed by atoms with Crippen LogP contribution < -0.4 is 0 Å². The van der Waals surface area contributed by atoms with Gasteiger partial charge < -0.3 is 4.90 Å². The van der Waals surface area contributed by atoms with Crippen LogP contribution in [0.5, 0.6) is 0 Å². The van der Waals surface area contributed by atoms with Crippen molar-refractivity contribution in [2.24, 2.45) is 0 Å². The molecule has 68 valence electrons. The normalized spacial score (nSPS) is 8.77. The SMILES string of the molecule is CC#CC(=O)N(C)Cc1ccsc1. The zero-order valence-electron chi connectivity index (χ0n) is 7.70. The summed E-state index contributed by atoms with van der Waals surface area (Å²) in [7, 11) is 1.75. The fourth-order valence-electron chi connectivity index (χ4n) is 0.931. The first-order chi connectivity index (χ1) is 6.24. The van der Waals surface area contributed by atoms with Gasteiger partial charge in [-0.1, -0.05) is 5.92 Å². The predicted octanol–water partition coefficient (Wildman–Crippen LogP) is 1.73. The third kappa shape index (κ3) is 2.92. The van der Waals surface area contributed by atoms with E-state index in [0.29, 0.717) is 6.54 Å². The number of carbonyl (C=O) groups excluding carboxylic acids is 1. The molecule has 0 unspecified atom stereocenters. The zero-order chi connectivity index (χ0) is 9.68. The van der Waals surface area contributed by atoms with Crippen LogP contribution in [0.25, 0.3) is 0 Å². The van der Waals surface area contributed by atoms with Gasteiger partial charge in [0.2, 0.25) is 0 Å². The van der Waals surface area contributed by atoms with Gasteiger partial charge in [0, 0.05) is 13.6 Å². The largest absolute Gasteiger partial charge is 0.331 e. The lowest BCUT2D eigenvalue weighted by Gasteiger charge is -2.11. The van der Waals surface area contributed by atoms with E-state index in [-0.39, 0.29) is 5.91 Å². The Kier molecular flexibility index (Phi) is 3.53. The van der Waals surface area contributed by atoms with Crippen molar-refractivity contribution in [1.29, 1.82) is 0 Å². The summed E-state index contributed by atoms with van der Waals surface area (Å²) in [5.74, 6) is 4.96. The van der Waals surface area contributed by atoms with Crippen LogP contribution in [-0.4, -0.2) is 17.9 Å². The number of rotatable bonds is 2. The van der Waals surface area contributed by atoms with Crippen LogP contribution in [0.4, 0.5) is 0 Å². The summed E-state index contributed by atoms with van der Waals surface area (Å²) in [5.41, 5.74) is 1.15. The minimum absolute atomic E-state index is 0.131. The van der Waals surface area contributed by atoms with E-state index >= 15 is 0 Å². The van der Waals surface area contributed by atoms with Crippen molar-refractivity contribution < 1.29 is 4.79 Å². The third-order valence-electron chi connectivity index (χ3n) is 1.58. The van der Waals surface area contributed by atoms with Crippen molar-refractivity contribution in [1.82, 2.24) is 4.90 Å². The van der Waals surface area contributed by atoms with Gasteiger partial charge in [-0.2, -0.15) is 11.3 Å². The molecule has 3 heteroatoms. The van der Waals surface area contributed by atoms with E-state index < -0.39 is 0 Å². The monoisotopic (exact) mass is 193 g/mol. The molecule has 1 rings (SSSR count). The van der Waals surface area contributed by atoms with Gasteiger partial charge in [-0.05, 0) is 35.2 Å². The average Bonchev–Trinajstić information content (AvgIpc) is 2.57. The minimum Gasteiger partial charge on any atom is -0.331 e. The maximum Gasteiger partial charge on any atom is 0.298 e. The highest BCUT2D eigenvalue weighted by atomic mass is 32.1. The van der Waals surface area contributed by atoms with E-state index in [4.69, 9.17) is 0 Å². The molecule has 13 heavy (non-hydrogen) atoms. The minimum atomic E-state index is -0.131. The third-order valence-corrected chi connectivity index (χ3v) is 2.31. The molecule has 1 amide bonds. The summed E-state index contributed by atoms with van der Waals surface area (Å²) in [6, 6.07) is 2.01. The number of thiophene rings is 1. The van der Waals surface area contributed by atoms with Crippen molar-refractivity contribution in [3.63, 3.8) is 0 Å². The Labute approximate surface area is 82.2 Å². The van der Waals surface area contributed by atoms with Gasteiger partial charge in [-0.25, -0.2) is 0 Å². The summed E-state index contributed by atoms with van der Waals surface area (Å²) in [6.45, 7) is 2.30. The summed E-state index contributed by atoms with van der Waals surface area (Å²) in [5, 5.41) is 4.03. The molecule has 0 radical (unpaired) electrons. The van der Waals surface area contributed by atoms with E-state index in [2.05, 4.69) is 11.8 Å². The Morgan fingerprint density at radius 3 is 3.00 bits per heavy atom. The summed E-state index contributed by atoms with van der Waals surface area (Å²) < 4.78 is 0. The molecule has 1 aromatic rings. The number of hydrogen-bond donors (Lipinski definition) is 0. The molecule has 0 spiro atoms. The molecule has 0 aliphatic carbocycles. The highest BCUT2D eigenvalue weighted by molar-refractivity contribution is 7.07. The molecule has 0 fully saturated rings. The molecular formula is C10H11NOS. The molecule has 2 nitrogen and oxygen atoms in total. The van der Waals surface area contributed by atoms with Gasteiger partial charge in [-0.15, -0.1) is 0 Å². The Bertz CT molecular complexity index is 332. The summed E-state index contributed by atoms with van der Waals surface area (Å²) in [4.78, 5) is 12.8. The van der Waals surface area contributed by atoms with Crippen molar-refractivity contribution in [3.05, 3.63) is 22.4 Å². The summed E-state index contributed by atoms with van der Waals surface area (Å²) in [6.07, 6.45) is 0. The van der Waals surface area contributed by atoms with Crippen molar-refractivity contribution in [2.75, 3.05) is 7.05 Å². The van der Waals surface area contributed by atoms with E-state index in [1.54, 1.807) is 30.2 Å².